The summed E-state index contributed by atoms with van der Waals surface area (Å²) in [5.74, 6) is -0.397. The van der Waals surface area contributed by atoms with Crippen LogP contribution in [0.4, 0.5) is 0 Å². The van der Waals surface area contributed by atoms with Crippen LogP contribution in [0.1, 0.15) is 6.42 Å². The Morgan fingerprint density at radius 1 is 1.36 bits per heavy atom. The first-order valence-electron chi connectivity index (χ1n) is 4.38. The minimum Gasteiger partial charge on any atom is -0.366 e. The van der Waals surface area contributed by atoms with E-state index in [0.29, 0.717) is 12.0 Å². The van der Waals surface area contributed by atoms with E-state index in [2.05, 4.69) is 4.99 Å². The van der Waals surface area contributed by atoms with Gasteiger partial charge in [-0.05, 0) is 11.6 Å². The molecule has 0 atom stereocenters. The van der Waals surface area contributed by atoms with Crippen molar-refractivity contribution in [2.45, 2.75) is 6.42 Å². The molecule has 1 amide bonds. The van der Waals surface area contributed by atoms with Crippen LogP contribution >= 0.6 is 0 Å². The van der Waals surface area contributed by atoms with Crippen molar-refractivity contribution in [3.05, 3.63) is 47.7 Å². The molecular weight excluding hydrogens is 176 g/mol. The van der Waals surface area contributed by atoms with E-state index < -0.39 is 5.91 Å². The van der Waals surface area contributed by atoms with Gasteiger partial charge >= 0.3 is 0 Å². The van der Waals surface area contributed by atoms with Gasteiger partial charge in [-0.25, -0.2) is 0 Å². The highest BCUT2D eigenvalue weighted by Crippen LogP contribution is 2.20. The van der Waals surface area contributed by atoms with Gasteiger partial charge in [0, 0.05) is 18.2 Å². The molecule has 0 aromatic rings. The maximum atomic E-state index is 10.9. The van der Waals surface area contributed by atoms with Crippen molar-refractivity contribution in [3.63, 3.8) is 0 Å². The molecule has 0 aromatic heterocycles. The number of nitrogens with two attached hydrogens (primary N) is 1. The average Bonchev–Trinajstić information content (AvgIpc) is 2.41. The summed E-state index contributed by atoms with van der Waals surface area (Å²) in [6.07, 6.45) is 11.8. The van der Waals surface area contributed by atoms with Crippen LogP contribution in [-0.4, -0.2) is 11.6 Å². The second-order valence-corrected chi connectivity index (χ2v) is 3.15. The van der Waals surface area contributed by atoms with Crippen molar-refractivity contribution in [2.75, 3.05) is 0 Å². The monoisotopic (exact) mass is 186 g/mol. The maximum Gasteiger partial charge on any atom is 0.246 e. The molecule has 0 saturated carbocycles. The van der Waals surface area contributed by atoms with Crippen molar-refractivity contribution in [1.82, 2.24) is 0 Å². The van der Waals surface area contributed by atoms with Crippen molar-refractivity contribution in [2.24, 2.45) is 10.7 Å². The zero-order chi connectivity index (χ0) is 9.97. The van der Waals surface area contributed by atoms with Crippen LogP contribution < -0.4 is 5.73 Å². The summed E-state index contributed by atoms with van der Waals surface area (Å²) in [4.78, 5) is 15.1. The normalized spacial score (nSPS) is 19.0. The Balaban J connectivity index is 2.38. The number of hydrogen-bond donors (Lipinski definition) is 1. The first-order chi connectivity index (χ1) is 6.77. The molecule has 0 fully saturated rings. The number of amides is 1. The highest BCUT2D eigenvalue weighted by molar-refractivity contribution is 6.12. The number of aliphatic imine (C=N–C) groups is 1. The third-order valence-electron chi connectivity index (χ3n) is 2.16. The van der Waals surface area contributed by atoms with Crippen LogP contribution in [-0.2, 0) is 4.79 Å². The molecule has 3 heteroatoms. The highest BCUT2D eigenvalue weighted by Gasteiger charge is 2.15. The maximum absolute atomic E-state index is 10.9. The smallest absolute Gasteiger partial charge is 0.246 e. The molecule has 70 valence electrons. The molecule has 0 radical (unpaired) electrons. The second-order valence-electron chi connectivity index (χ2n) is 3.15. The van der Waals surface area contributed by atoms with E-state index in [0.717, 1.165) is 11.3 Å². The van der Waals surface area contributed by atoms with E-state index in [-0.39, 0.29) is 0 Å². The minimum atomic E-state index is -0.397. The molecule has 2 N–H and O–H groups in total. The fourth-order valence-electron chi connectivity index (χ4n) is 1.40. The number of allylic oxidation sites excluding steroid dienone is 6. The molecule has 2 rings (SSSR count). The molecule has 0 spiro atoms. The molecule has 3 nitrogen and oxygen atoms in total. The Morgan fingerprint density at radius 3 is 3.00 bits per heavy atom. The van der Waals surface area contributed by atoms with Gasteiger partial charge in [-0.15, -0.1) is 0 Å². The lowest BCUT2D eigenvalue weighted by Crippen LogP contribution is -2.17. The predicted octanol–water partition coefficient (Wildman–Crippen LogP) is 1.25. The number of primary amides is 1. The van der Waals surface area contributed by atoms with Crippen LogP contribution in [0.3, 0.4) is 0 Å². The van der Waals surface area contributed by atoms with Crippen LogP contribution in [0.25, 0.3) is 0 Å². The first-order valence-corrected chi connectivity index (χ1v) is 4.38. The van der Waals surface area contributed by atoms with E-state index in [1.807, 2.05) is 30.4 Å². The van der Waals surface area contributed by atoms with Gasteiger partial charge in [0.05, 0.1) is 5.71 Å². The van der Waals surface area contributed by atoms with E-state index in [1.165, 1.54) is 0 Å². The number of carbonyl (C=O) groups is 1. The molecule has 0 aromatic carbocycles. The molecule has 2 aliphatic rings. The molecule has 1 heterocycles. The molecule has 1 aliphatic carbocycles. The molecule has 0 unspecified atom stereocenters. The highest BCUT2D eigenvalue weighted by atomic mass is 16.1. The van der Waals surface area contributed by atoms with Gasteiger partial charge in [-0.2, -0.15) is 0 Å². The zero-order valence-electron chi connectivity index (χ0n) is 7.60. The number of hydrogen-bond acceptors (Lipinski definition) is 2. The van der Waals surface area contributed by atoms with Crippen LogP contribution in [0.2, 0.25) is 0 Å². The number of nitrogens with zero attached hydrogens (tertiary/aromatic N) is 1. The standard InChI is InChI=1S/C11H10N2O/c12-11(14)9-6-8-4-2-1-3-5-10(8)13-7-9/h1-5,7H,6H2,(H2,12,14). The van der Waals surface area contributed by atoms with Crippen molar-refractivity contribution in [1.29, 1.82) is 0 Å². The zero-order valence-corrected chi connectivity index (χ0v) is 7.60. The lowest BCUT2D eigenvalue weighted by molar-refractivity contribution is -0.114. The van der Waals surface area contributed by atoms with Gasteiger partial charge in [0.15, 0.2) is 0 Å². The van der Waals surface area contributed by atoms with E-state index >= 15 is 0 Å². The van der Waals surface area contributed by atoms with Crippen molar-refractivity contribution >= 4 is 11.6 Å². The molecule has 1 aliphatic heterocycles. The van der Waals surface area contributed by atoms with Gasteiger partial charge in [-0.3, -0.25) is 9.79 Å². The Hall–Kier alpha value is -1.90. The molecular formula is C11H10N2O. The largest absolute Gasteiger partial charge is 0.366 e. The Labute approximate surface area is 82.0 Å². The van der Waals surface area contributed by atoms with Gasteiger partial charge in [0.2, 0.25) is 5.91 Å². The fourth-order valence-corrected chi connectivity index (χ4v) is 1.40. The van der Waals surface area contributed by atoms with E-state index in [4.69, 9.17) is 5.73 Å². The van der Waals surface area contributed by atoms with Crippen molar-refractivity contribution in [3.8, 4) is 0 Å². The molecule has 0 bridgehead atoms. The molecule has 14 heavy (non-hydrogen) atoms. The van der Waals surface area contributed by atoms with E-state index in [9.17, 15) is 4.79 Å². The van der Waals surface area contributed by atoms with Gasteiger partial charge in [-0.1, -0.05) is 24.3 Å². The van der Waals surface area contributed by atoms with Gasteiger partial charge in [0.1, 0.15) is 0 Å². The third kappa shape index (κ3) is 1.57. The third-order valence-corrected chi connectivity index (χ3v) is 2.16. The molecule has 0 saturated heterocycles. The lowest BCUT2D eigenvalue weighted by Gasteiger charge is -2.11. The van der Waals surface area contributed by atoms with Gasteiger partial charge in [0.25, 0.3) is 0 Å². The quantitative estimate of drug-likeness (QED) is 0.658. The van der Waals surface area contributed by atoms with Gasteiger partial charge < -0.3 is 5.73 Å². The Kier molecular flexibility index (Phi) is 2.14. The summed E-state index contributed by atoms with van der Waals surface area (Å²) < 4.78 is 0. The van der Waals surface area contributed by atoms with E-state index in [1.54, 1.807) is 6.20 Å². The average molecular weight is 186 g/mol. The summed E-state index contributed by atoms with van der Waals surface area (Å²) in [5.41, 5.74) is 7.68. The SMILES string of the molecule is NC(=O)C1=CN=C2C=CC=CC=C2C1. The summed E-state index contributed by atoms with van der Waals surface area (Å²) in [5, 5.41) is 0. The second kappa shape index (κ2) is 3.46. The number of fused-ring (bicyclic) bond motifs is 1. The first kappa shape index (κ1) is 8.69. The van der Waals surface area contributed by atoms with Crippen LogP contribution in [0.5, 0.6) is 0 Å². The van der Waals surface area contributed by atoms with Crippen LogP contribution in [0.15, 0.2) is 52.7 Å². The number of rotatable bonds is 1. The van der Waals surface area contributed by atoms with Crippen molar-refractivity contribution < 1.29 is 4.79 Å². The Bertz CT molecular complexity index is 423. The topological polar surface area (TPSA) is 55.5 Å². The summed E-state index contributed by atoms with van der Waals surface area (Å²) in [7, 11) is 0. The summed E-state index contributed by atoms with van der Waals surface area (Å²) in [6, 6.07) is 0. The predicted molar refractivity (Wildman–Crippen MR) is 55.7 cm³/mol. The van der Waals surface area contributed by atoms with Crippen LogP contribution in [0, 0.1) is 0 Å². The minimum absolute atomic E-state index is 0.397. The summed E-state index contributed by atoms with van der Waals surface area (Å²) in [6.45, 7) is 0. The summed E-state index contributed by atoms with van der Waals surface area (Å²) >= 11 is 0. The lowest BCUT2D eigenvalue weighted by atomic mass is 9.99. The fraction of sp³-hybridized carbons (Fsp3) is 0.0909. The number of carbonyl (C=O) groups excluding carboxylic acids is 1. The Morgan fingerprint density at radius 2 is 2.21 bits per heavy atom.